The second kappa shape index (κ2) is 7.35. The van der Waals surface area contributed by atoms with Gasteiger partial charge in [0, 0.05) is 26.1 Å². The molecular weight excluding hydrogens is 332 g/mol. The highest BCUT2D eigenvalue weighted by Gasteiger charge is 2.31. The molecule has 0 bridgehead atoms. The van der Waals surface area contributed by atoms with Crippen LogP contribution in [-0.4, -0.2) is 45.4 Å². The van der Waals surface area contributed by atoms with Gasteiger partial charge in [0.2, 0.25) is 11.8 Å². The van der Waals surface area contributed by atoms with E-state index in [0.717, 1.165) is 23.9 Å². The van der Waals surface area contributed by atoms with E-state index in [1.54, 1.807) is 4.90 Å². The Morgan fingerprint density at radius 2 is 1.85 bits per heavy atom. The van der Waals surface area contributed by atoms with E-state index in [2.05, 4.69) is 10.3 Å². The maximum Gasteiger partial charge on any atom is 0.326 e. The number of piperidine rings is 1. The number of para-hydroxylation sites is 2. The molecule has 0 aliphatic carbocycles. The van der Waals surface area contributed by atoms with E-state index in [9.17, 15) is 14.4 Å². The van der Waals surface area contributed by atoms with Crippen LogP contribution in [0.3, 0.4) is 0 Å². The Labute approximate surface area is 152 Å². The molecule has 1 unspecified atom stereocenters. The van der Waals surface area contributed by atoms with Gasteiger partial charge >= 0.3 is 5.69 Å². The van der Waals surface area contributed by atoms with Crippen LogP contribution in [0.2, 0.25) is 0 Å². The average Bonchev–Trinajstić information content (AvgIpc) is 2.94. The number of amides is 2. The third-order valence-corrected chi connectivity index (χ3v) is 5.06. The molecule has 7 nitrogen and oxygen atoms in total. The Morgan fingerprint density at radius 1 is 1.19 bits per heavy atom. The van der Waals surface area contributed by atoms with Crippen molar-refractivity contribution >= 4 is 22.8 Å². The zero-order valence-corrected chi connectivity index (χ0v) is 15.5. The lowest BCUT2D eigenvalue weighted by atomic mass is 9.99. The molecule has 1 aliphatic heterocycles. The van der Waals surface area contributed by atoms with Gasteiger partial charge in [-0.2, -0.15) is 0 Å². The van der Waals surface area contributed by atoms with Gasteiger partial charge in [0.25, 0.3) is 0 Å². The van der Waals surface area contributed by atoms with Gasteiger partial charge in [0.15, 0.2) is 0 Å². The zero-order chi connectivity index (χ0) is 18.8. The van der Waals surface area contributed by atoms with Gasteiger partial charge in [-0.05, 0) is 30.9 Å². The minimum Gasteiger partial charge on any atom is -0.344 e. The molecule has 1 atom stereocenters. The molecule has 0 radical (unpaired) electrons. The van der Waals surface area contributed by atoms with E-state index < -0.39 is 6.04 Å². The third-order valence-electron chi connectivity index (χ3n) is 5.06. The molecule has 1 saturated heterocycles. The lowest BCUT2D eigenvalue weighted by Gasteiger charge is -2.35. The number of carbonyl (C=O) groups excluding carboxylic acids is 2. The van der Waals surface area contributed by atoms with Crippen LogP contribution in [0.1, 0.15) is 39.7 Å². The Kier molecular flexibility index (Phi) is 5.15. The summed E-state index contributed by atoms with van der Waals surface area (Å²) in [5.41, 5.74) is 1.64. The number of nitrogens with zero attached hydrogens (tertiary/aromatic N) is 2. The highest BCUT2D eigenvalue weighted by atomic mass is 16.2. The van der Waals surface area contributed by atoms with Crippen molar-refractivity contribution in [2.45, 2.75) is 45.7 Å². The quantitative estimate of drug-likeness (QED) is 0.871. The topological polar surface area (TPSA) is 87.2 Å². The molecule has 1 aromatic carbocycles. The largest absolute Gasteiger partial charge is 0.344 e. The van der Waals surface area contributed by atoms with Crippen LogP contribution in [-0.2, 0) is 9.59 Å². The molecule has 0 spiro atoms. The average molecular weight is 358 g/mol. The van der Waals surface area contributed by atoms with E-state index in [-0.39, 0.29) is 29.5 Å². The van der Waals surface area contributed by atoms with Gasteiger partial charge < -0.3 is 15.2 Å². The van der Waals surface area contributed by atoms with Crippen molar-refractivity contribution in [3.63, 3.8) is 0 Å². The van der Waals surface area contributed by atoms with Crippen molar-refractivity contribution in [3.8, 4) is 0 Å². The smallest absolute Gasteiger partial charge is 0.326 e. The summed E-state index contributed by atoms with van der Waals surface area (Å²) in [7, 11) is 0. The van der Waals surface area contributed by atoms with Gasteiger partial charge in [0.1, 0.15) is 6.04 Å². The van der Waals surface area contributed by atoms with E-state index >= 15 is 0 Å². The fourth-order valence-electron chi connectivity index (χ4n) is 3.71. The van der Waals surface area contributed by atoms with Crippen LogP contribution in [0.15, 0.2) is 29.1 Å². The number of fused-ring (bicyclic) bond motifs is 1. The first-order valence-electron chi connectivity index (χ1n) is 9.13. The van der Waals surface area contributed by atoms with E-state index in [1.165, 1.54) is 6.92 Å². The van der Waals surface area contributed by atoms with Crippen LogP contribution in [0.4, 0.5) is 0 Å². The molecule has 140 valence electrons. The van der Waals surface area contributed by atoms with E-state index in [4.69, 9.17) is 0 Å². The fourth-order valence-corrected chi connectivity index (χ4v) is 3.71. The number of nitrogens with one attached hydrogen (secondary N) is 2. The number of imidazole rings is 1. The molecular formula is C19H26N4O3. The number of H-pyrrole nitrogens is 1. The lowest BCUT2D eigenvalue weighted by molar-refractivity contribution is -0.138. The normalized spacial score (nSPS) is 16.8. The Hall–Kier alpha value is -2.57. The predicted molar refractivity (Wildman–Crippen MR) is 99.9 cm³/mol. The number of carbonyl (C=O) groups is 2. The summed E-state index contributed by atoms with van der Waals surface area (Å²) < 4.78 is 1.81. The van der Waals surface area contributed by atoms with Gasteiger partial charge in [0.05, 0.1) is 11.0 Å². The lowest BCUT2D eigenvalue weighted by Crippen LogP contribution is -2.52. The number of hydrogen-bond acceptors (Lipinski definition) is 3. The number of benzene rings is 1. The monoisotopic (exact) mass is 358 g/mol. The molecule has 2 amide bonds. The number of hydrogen-bond donors (Lipinski definition) is 2. The standard InChI is InChI=1S/C19H26N4O3/c1-12(2)17(20-13(3)24)18(25)22-10-8-14(9-11-22)23-16-7-5-4-6-15(16)21-19(23)26/h4-7,12,14,17H,8-11H2,1-3H3,(H,20,24)(H,21,26). The molecule has 1 aliphatic rings. The van der Waals surface area contributed by atoms with Crippen molar-refractivity contribution in [2.75, 3.05) is 13.1 Å². The van der Waals surface area contributed by atoms with Crippen LogP contribution < -0.4 is 11.0 Å². The molecule has 0 saturated carbocycles. The summed E-state index contributed by atoms with van der Waals surface area (Å²) in [5.74, 6) is -0.211. The number of aromatic nitrogens is 2. The van der Waals surface area contributed by atoms with Crippen molar-refractivity contribution in [2.24, 2.45) is 5.92 Å². The maximum absolute atomic E-state index is 12.8. The first kappa shape index (κ1) is 18.2. The van der Waals surface area contributed by atoms with E-state index in [1.807, 2.05) is 42.7 Å². The number of likely N-dealkylation sites (tertiary alicyclic amines) is 1. The van der Waals surface area contributed by atoms with Crippen molar-refractivity contribution in [1.29, 1.82) is 0 Å². The number of rotatable bonds is 4. The molecule has 1 aromatic heterocycles. The highest BCUT2D eigenvalue weighted by molar-refractivity contribution is 5.87. The van der Waals surface area contributed by atoms with Gasteiger partial charge in [-0.25, -0.2) is 4.79 Å². The first-order chi connectivity index (χ1) is 12.4. The maximum atomic E-state index is 12.8. The summed E-state index contributed by atoms with van der Waals surface area (Å²) >= 11 is 0. The molecule has 2 aromatic rings. The zero-order valence-electron chi connectivity index (χ0n) is 15.5. The summed E-state index contributed by atoms with van der Waals surface area (Å²) in [6.45, 7) is 6.45. The van der Waals surface area contributed by atoms with Crippen LogP contribution in [0.5, 0.6) is 0 Å². The number of aromatic amines is 1. The predicted octanol–water partition coefficient (Wildman–Crippen LogP) is 1.65. The minimum atomic E-state index is -0.500. The van der Waals surface area contributed by atoms with Gasteiger partial charge in [-0.15, -0.1) is 0 Å². The van der Waals surface area contributed by atoms with Crippen molar-refractivity contribution < 1.29 is 9.59 Å². The first-order valence-corrected chi connectivity index (χ1v) is 9.13. The Balaban J connectivity index is 1.72. The SMILES string of the molecule is CC(=O)NC(C(=O)N1CCC(n2c(=O)[nH]c3ccccc32)CC1)C(C)C. The van der Waals surface area contributed by atoms with Gasteiger partial charge in [-0.3, -0.25) is 14.2 Å². The molecule has 3 rings (SSSR count). The molecule has 26 heavy (non-hydrogen) atoms. The second-order valence-corrected chi connectivity index (χ2v) is 7.30. The molecule has 1 fully saturated rings. The molecule has 7 heteroatoms. The van der Waals surface area contributed by atoms with Crippen molar-refractivity contribution in [3.05, 3.63) is 34.7 Å². The fraction of sp³-hybridized carbons (Fsp3) is 0.526. The Morgan fingerprint density at radius 3 is 2.46 bits per heavy atom. The summed E-state index contributed by atoms with van der Waals surface area (Å²) in [6, 6.07) is 7.23. The highest BCUT2D eigenvalue weighted by Crippen LogP contribution is 2.25. The van der Waals surface area contributed by atoms with Crippen LogP contribution in [0, 0.1) is 5.92 Å². The van der Waals surface area contributed by atoms with Crippen LogP contribution in [0.25, 0.3) is 11.0 Å². The molecule has 2 N–H and O–H groups in total. The van der Waals surface area contributed by atoms with Crippen molar-refractivity contribution in [1.82, 2.24) is 19.8 Å². The van der Waals surface area contributed by atoms with Gasteiger partial charge in [-0.1, -0.05) is 26.0 Å². The minimum absolute atomic E-state index is 0.0281. The van der Waals surface area contributed by atoms with Crippen LogP contribution >= 0.6 is 0 Å². The third kappa shape index (κ3) is 3.52. The summed E-state index contributed by atoms with van der Waals surface area (Å²) in [6.07, 6.45) is 1.44. The Bertz CT molecular complexity index is 859. The second-order valence-electron chi connectivity index (χ2n) is 7.30. The summed E-state index contributed by atoms with van der Waals surface area (Å²) in [5, 5.41) is 2.76. The van der Waals surface area contributed by atoms with E-state index in [0.29, 0.717) is 13.1 Å². The molecule has 2 heterocycles. The summed E-state index contributed by atoms with van der Waals surface area (Å²) in [4.78, 5) is 41.2.